The van der Waals surface area contributed by atoms with Crippen molar-refractivity contribution in [2.45, 2.75) is 0 Å². The summed E-state index contributed by atoms with van der Waals surface area (Å²) >= 11 is 0. The van der Waals surface area contributed by atoms with Gasteiger partial charge in [0.1, 0.15) is 0 Å². The van der Waals surface area contributed by atoms with Crippen LogP contribution in [0, 0.1) is 0 Å². The van der Waals surface area contributed by atoms with E-state index in [9.17, 15) is 0 Å². The van der Waals surface area contributed by atoms with E-state index in [0.29, 0.717) is 0 Å². The first kappa shape index (κ1) is 22.5. The Morgan fingerprint density at radius 1 is 1.00 bits per heavy atom. The molecule has 0 fully saturated rings. The Labute approximate surface area is 61.1 Å². The molecule has 8 N–H and O–H groups in total. The van der Waals surface area contributed by atoms with Crippen LogP contribution in [0.4, 0.5) is 4.79 Å². The fraction of sp³-hybridized carbons (Fsp3) is 0. The number of rotatable bonds is 0. The fourth-order valence-electron chi connectivity index (χ4n) is 0. The maximum Gasteiger partial charge on any atom is 0.503 e. The third-order valence-electron chi connectivity index (χ3n) is 0. The summed E-state index contributed by atoms with van der Waals surface area (Å²) in [5, 5.41) is 13.9. The second-order valence-electron chi connectivity index (χ2n) is 0.730. The third kappa shape index (κ3) is 511. The topological polar surface area (TPSA) is 195 Å². The van der Waals surface area contributed by atoms with Crippen molar-refractivity contribution in [2.24, 2.45) is 0 Å². The Bertz CT molecular complexity index is 152. The minimum atomic E-state index is -4.67. The highest BCUT2D eigenvalue weighted by Crippen LogP contribution is 1.59. The van der Waals surface area contributed by atoms with Crippen LogP contribution in [-0.4, -0.2) is 44.8 Å². The first-order valence-corrected chi connectivity index (χ1v) is 2.75. The standard InChI is InChI=1S/CH2O3.H2O4S.2H2O/c2-1(3)4;1-5(2,3)4;;/h(H2,2,3,4);(H2,1,2,3,4);2*1H2. The van der Waals surface area contributed by atoms with Crippen LogP contribution >= 0.6 is 0 Å². The molecule has 0 saturated heterocycles. The number of carboxylic acid groups (broad SMARTS) is 2. The van der Waals surface area contributed by atoms with Gasteiger partial charge in [-0.2, -0.15) is 8.42 Å². The van der Waals surface area contributed by atoms with Gasteiger partial charge in [0, 0.05) is 0 Å². The lowest BCUT2D eigenvalue weighted by molar-refractivity contribution is 0.137. The first-order chi connectivity index (χ1) is 3.73. The molecule has 10 heteroatoms. The van der Waals surface area contributed by atoms with Gasteiger partial charge in [-0.1, -0.05) is 0 Å². The van der Waals surface area contributed by atoms with Gasteiger partial charge in [0.25, 0.3) is 0 Å². The Morgan fingerprint density at radius 2 is 1.00 bits per heavy atom. The van der Waals surface area contributed by atoms with Crippen molar-refractivity contribution in [3.8, 4) is 0 Å². The third-order valence-corrected chi connectivity index (χ3v) is 0. The highest BCUT2D eigenvalue weighted by molar-refractivity contribution is 7.79. The van der Waals surface area contributed by atoms with Gasteiger partial charge in [0.2, 0.25) is 0 Å². The van der Waals surface area contributed by atoms with Crippen molar-refractivity contribution in [3.63, 3.8) is 0 Å². The summed E-state index contributed by atoms with van der Waals surface area (Å²) in [6.45, 7) is 0. The molecule has 0 heterocycles. The maximum atomic E-state index is 8.74. The number of hydrogen-bond acceptors (Lipinski definition) is 3. The molecule has 0 aromatic rings. The van der Waals surface area contributed by atoms with E-state index in [1.165, 1.54) is 0 Å². The molecular formula is CH8O9S. The number of carbonyl (C=O) groups is 1. The van der Waals surface area contributed by atoms with Gasteiger partial charge in [-0.25, -0.2) is 4.79 Å². The maximum absolute atomic E-state index is 8.74. The van der Waals surface area contributed by atoms with Gasteiger partial charge in [-0.15, -0.1) is 0 Å². The van der Waals surface area contributed by atoms with Crippen LogP contribution in [-0.2, 0) is 10.4 Å². The zero-order valence-corrected chi connectivity index (χ0v) is 5.74. The van der Waals surface area contributed by atoms with E-state index >= 15 is 0 Å². The van der Waals surface area contributed by atoms with Crippen molar-refractivity contribution in [3.05, 3.63) is 0 Å². The highest BCUT2D eigenvalue weighted by atomic mass is 32.3. The molecule has 0 rings (SSSR count). The van der Waals surface area contributed by atoms with Crippen molar-refractivity contribution in [2.75, 3.05) is 0 Å². The average molecular weight is 196 g/mol. The molecule has 0 bridgehead atoms. The average Bonchev–Trinajstić information content (AvgIpc) is 1.19. The SMILES string of the molecule is O.O.O=C(O)O.O=S(=O)(O)O. The van der Waals surface area contributed by atoms with Gasteiger partial charge in [0.15, 0.2) is 0 Å². The van der Waals surface area contributed by atoms with Gasteiger partial charge < -0.3 is 21.2 Å². The summed E-state index contributed by atoms with van der Waals surface area (Å²) in [4.78, 5) is 8.56. The van der Waals surface area contributed by atoms with Crippen molar-refractivity contribution >= 4 is 16.6 Å². The molecule has 0 aliphatic carbocycles. The van der Waals surface area contributed by atoms with E-state index in [1.54, 1.807) is 0 Å². The zero-order valence-electron chi connectivity index (χ0n) is 4.92. The summed E-state index contributed by atoms with van der Waals surface area (Å²) in [7, 11) is -4.67. The Hall–Kier alpha value is -0.940. The molecule has 0 saturated carbocycles. The van der Waals surface area contributed by atoms with Crippen molar-refractivity contribution in [1.82, 2.24) is 0 Å². The molecule has 0 radical (unpaired) electrons. The van der Waals surface area contributed by atoms with Crippen molar-refractivity contribution < 1.29 is 43.5 Å². The van der Waals surface area contributed by atoms with Crippen LogP contribution in [0.15, 0.2) is 0 Å². The molecule has 11 heavy (non-hydrogen) atoms. The molecule has 0 aliphatic rings. The minimum absolute atomic E-state index is 0. The fourth-order valence-corrected chi connectivity index (χ4v) is 0. The number of hydrogen-bond donors (Lipinski definition) is 4. The van der Waals surface area contributed by atoms with Crippen LogP contribution in [0.5, 0.6) is 0 Å². The lowest BCUT2D eigenvalue weighted by atomic mass is 11.5. The van der Waals surface area contributed by atoms with Crippen LogP contribution in [0.3, 0.4) is 0 Å². The van der Waals surface area contributed by atoms with E-state index in [1.807, 2.05) is 0 Å². The molecule has 0 aromatic carbocycles. The highest BCUT2D eigenvalue weighted by Gasteiger charge is 1.84. The minimum Gasteiger partial charge on any atom is -0.450 e. The normalized spacial score (nSPS) is 7.45. The van der Waals surface area contributed by atoms with Crippen LogP contribution < -0.4 is 0 Å². The molecule has 0 unspecified atom stereocenters. The molecule has 0 aromatic heterocycles. The zero-order chi connectivity index (χ0) is 8.08. The Kier molecular flexibility index (Phi) is 18.5. The Balaban J connectivity index is -0.0000000383. The van der Waals surface area contributed by atoms with Gasteiger partial charge in [-0.05, 0) is 0 Å². The van der Waals surface area contributed by atoms with Gasteiger partial charge in [0.05, 0.1) is 0 Å². The summed E-state index contributed by atoms with van der Waals surface area (Å²) in [5.41, 5.74) is 0. The van der Waals surface area contributed by atoms with E-state index in [4.69, 9.17) is 32.5 Å². The van der Waals surface area contributed by atoms with E-state index in [2.05, 4.69) is 0 Å². The van der Waals surface area contributed by atoms with E-state index < -0.39 is 16.6 Å². The quantitative estimate of drug-likeness (QED) is 0.318. The second kappa shape index (κ2) is 9.06. The lowest BCUT2D eigenvalue weighted by Gasteiger charge is -1.68. The molecule has 0 spiro atoms. The summed E-state index contributed by atoms with van der Waals surface area (Å²) < 4.78 is 31.6. The molecule has 9 nitrogen and oxygen atoms in total. The Morgan fingerprint density at radius 3 is 1.00 bits per heavy atom. The predicted octanol–water partition coefficient (Wildman–Crippen LogP) is -2.08. The lowest BCUT2D eigenvalue weighted by Crippen LogP contribution is -1.89. The largest absolute Gasteiger partial charge is 0.503 e. The monoisotopic (exact) mass is 196 g/mol. The molecular weight excluding hydrogens is 188 g/mol. The van der Waals surface area contributed by atoms with Crippen LogP contribution in [0.2, 0.25) is 0 Å². The van der Waals surface area contributed by atoms with E-state index in [0.717, 1.165) is 0 Å². The van der Waals surface area contributed by atoms with Gasteiger partial charge >= 0.3 is 16.6 Å². The molecule has 72 valence electrons. The summed E-state index contributed by atoms with van der Waals surface area (Å²) in [6, 6.07) is 0. The molecule has 0 aliphatic heterocycles. The summed E-state index contributed by atoms with van der Waals surface area (Å²) in [6.07, 6.45) is -1.83. The second-order valence-corrected chi connectivity index (χ2v) is 1.63. The van der Waals surface area contributed by atoms with Gasteiger partial charge in [-0.3, -0.25) is 9.11 Å². The molecule has 0 amide bonds. The first-order valence-electron chi connectivity index (χ1n) is 1.35. The van der Waals surface area contributed by atoms with Crippen molar-refractivity contribution in [1.29, 1.82) is 0 Å². The van der Waals surface area contributed by atoms with Crippen LogP contribution in [0.1, 0.15) is 0 Å². The van der Waals surface area contributed by atoms with E-state index in [-0.39, 0.29) is 11.0 Å². The predicted molar refractivity (Wildman–Crippen MR) is 32.1 cm³/mol. The van der Waals surface area contributed by atoms with Crippen LogP contribution in [0.25, 0.3) is 0 Å². The molecule has 0 atom stereocenters. The summed E-state index contributed by atoms with van der Waals surface area (Å²) in [5.74, 6) is 0. The smallest absolute Gasteiger partial charge is 0.450 e.